The Morgan fingerprint density at radius 1 is 0.972 bits per heavy atom. The highest BCUT2D eigenvalue weighted by atomic mass is 19.4. The van der Waals surface area contributed by atoms with Crippen LogP contribution in [0.1, 0.15) is 36.0 Å². The third-order valence-corrected chi connectivity index (χ3v) is 6.20. The van der Waals surface area contributed by atoms with Crippen molar-refractivity contribution >= 4 is 17.7 Å². The number of halogens is 6. The predicted octanol–water partition coefficient (Wildman–Crippen LogP) is 2.48. The number of anilines is 2. The van der Waals surface area contributed by atoms with E-state index < -0.39 is 29.0 Å². The number of nitrogens with zero attached hydrogens (tertiary/aromatic N) is 6. The topological polar surface area (TPSA) is 98.3 Å². The van der Waals surface area contributed by atoms with Crippen molar-refractivity contribution in [3.8, 4) is 0 Å². The summed E-state index contributed by atoms with van der Waals surface area (Å²) in [6, 6.07) is 0. The number of aromatic amines is 1. The number of carbonyl (C=O) groups is 1. The highest BCUT2D eigenvalue weighted by molar-refractivity contribution is 5.76. The molecule has 1 amide bonds. The molecule has 1 saturated heterocycles. The molecule has 1 N–H and O–H groups in total. The van der Waals surface area contributed by atoms with Gasteiger partial charge < -0.3 is 14.7 Å². The minimum atomic E-state index is -4.78. The maximum absolute atomic E-state index is 13.4. The number of rotatable bonds is 5. The van der Waals surface area contributed by atoms with Gasteiger partial charge in [-0.3, -0.25) is 9.59 Å². The van der Waals surface area contributed by atoms with Crippen molar-refractivity contribution < 1.29 is 31.1 Å². The van der Waals surface area contributed by atoms with Gasteiger partial charge in [-0.15, -0.1) is 0 Å². The summed E-state index contributed by atoms with van der Waals surface area (Å²) in [5.41, 5.74) is -3.54. The number of H-pyrrole nitrogens is 1. The maximum atomic E-state index is 13.4. The van der Waals surface area contributed by atoms with Gasteiger partial charge in [0.05, 0.1) is 5.56 Å². The molecule has 0 unspecified atom stereocenters. The molecule has 196 valence electrons. The molecule has 2 aromatic heterocycles. The van der Waals surface area contributed by atoms with E-state index in [1.807, 2.05) is 5.10 Å². The summed E-state index contributed by atoms with van der Waals surface area (Å²) in [4.78, 5) is 36.9. The lowest BCUT2D eigenvalue weighted by Crippen LogP contribution is -2.49. The van der Waals surface area contributed by atoms with Gasteiger partial charge in [0.2, 0.25) is 11.9 Å². The molecule has 9 nitrogen and oxygen atoms in total. The molecule has 0 spiro atoms. The average Bonchev–Trinajstić information content (AvgIpc) is 2.82. The molecule has 0 saturated carbocycles. The molecule has 36 heavy (non-hydrogen) atoms. The SMILES string of the molecule is O=C(CCCN1CCCc2c1n[nH]c(=O)c2C(F)(F)F)N1CCN(c2ncc(C(F)(F)F)cn2)CC1. The van der Waals surface area contributed by atoms with Crippen LogP contribution in [0.4, 0.5) is 38.1 Å². The smallest absolute Gasteiger partial charge is 0.355 e. The van der Waals surface area contributed by atoms with E-state index >= 15 is 0 Å². The van der Waals surface area contributed by atoms with E-state index in [1.165, 1.54) is 0 Å². The zero-order chi connectivity index (χ0) is 26.1. The normalized spacial score (nSPS) is 16.8. The summed E-state index contributed by atoms with van der Waals surface area (Å²) in [5, 5.41) is 5.76. The van der Waals surface area contributed by atoms with Gasteiger partial charge in [0.25, 0.3) is 5.56 Å². The standard InChI is InChI=1S/C21H23F6N7O2/c22-20(23,24)13-11-28-19(29-12-13)34-9-7-32(8-10-34)15(35)4-2-6-33-5-1-3-14-16(21(25,26)27)18(36)31-30-17(14)33/h11-12H,1-10H2,(H,31,36). The van der Waals surface area contributed by atoms with Crippen LogP contribution < -0.4 is 15.4 Å². The lowest BCUT2D eigenvalue weighted by Gasteiger charge is -2.35. The van der Waals surface area contributed by atoms with Crippen LogP contribution in [-0.2, 0) is 23.6 Å². The highest BCUT2D eigenvalue weighted by Crippen LogP contribution is 2.35. The molecule has 2 aliphatic rings. The first-order valence-corrected chi connectivity index (χ1v) is 11.3. The Balaban J connectivity index is 1.29. The van der Waals surface area contributed by atoms with Gasteiger partial charge in [-0.1, -0.05) is 0 Å². The van der Waals surface area contributed by atoms with Crippen LogP contribution >= 0.6 is 0 Å². The fraction of sp³-hybridized carbons (Fsp3) is 0.571. The predicted molar refractivity (Wildman–Crippen MR) is 115 cm³/mol. The number of hydrogen-bond acceptors (Lipinski definition) is 7. The van der Waals surface area contributed by atoms with Gasteiger partial charge >= 0.3 is 12.4 Å². The lowest BCUT2D eigenvalue weighted by atomic mass is 10.0. The molecule has 0 aromatic carbocycles. The Morgan fingerprint density at radius 2 is 1.64 bits per heavy atom. The van der Waals surface area contributed by atoms with Crippen molar-refractivity contribution in [2.24, 2.45) is 0 Å². The summed E-state index contributed by atoms with van der Waals surface area (Å²) >= 11 is 0. The Kier molecular flexibility index (Phi) is 7.09. The van der Waals surface area contributed by atoms with E-state index in [0.29, 0.717) is 52.1 Å². The zero-order valence-electron chi connectivity index (χ0n) is 19.0. The molecular formula is C21H23F6N7O2. The molecule has 2 aliphatic heterocycles. The van der Waals surface area contributed by atoms with Gasteiger partial charge in [0.15, 0.2) is 5.82 Å². The van der Waals surface area contributed by atoms with Gasteiger partial charge in [-0.2, -0.15) is 31.4 Å². The molecular weight excluding hydrogens is 496 g/mol. The number of alkyl halides is 6. The second-order valence-electron chi connectivity index (χ2n) is 8.56. The van der Waals surface area contributed by atoms with E-state index in [2.05, 4.69) is 15.1 Å². The summed E-state index contributed by atoms with van der Waals surface area (Å²) in [6.07, 6.45) is -6.78. The van der Waals surface area contributed by atoms with E-state index in [0.717, 1.165) is 12.4 Å². The Bertz CT molecular complexity index is 1140. The van der Waals surface area contributed by atoms with Gasteiger partial charge in [0.1, 0.15) is 5.56 Å². The first-order valence-electron chi connectivity index (χ1n) is 11.3. The molecule has 0 radical (unpaired) electrons. The molecule has 4 heterocycles. The highest BCUT2D eigenvalue weighted by Gasteiger charge is 2.40. The van der Waals surface area contributed by atoms with Crippen LogP contribution in [0.15, 0.2) is 17.2 Å². The molecule has 2 aromatic rings. The van der Waals surface area contributed by atoms with E-state index in [1.54, 1.807) is 14.7 Å². The second-order valence-corrected chi connectivity index (χ2v) is 8.56. The Hall–Kier alpha value is -3.39. The van der Waals surface area contributed by atoms with Crippen molar-refractivity contribution in [1.29, 1.82) is 0 Å². The molecule has 0 aliphatic carbocycles. The van der Waals surface area contributed by atoms with Crippen molar-refractivity contribution in [3.63, 3.8) is 0 Å². The van der Waals surface area contributed by atoms with Crippen molar-refractivity contribution in [2.75, 3.05) is 49.1 Å². The van der Waals surface area contributed by atoms with E-state index in [4.69, 9.17) is 0 Å². The Morgan fingerprint density at radius 3 is 2.25 bits per heavy atom. The molecule has 1 fully saturated rings. The first-order chi connectivity index (χ1) is 16.9. The summed E-state index contributed by atoms with van der Waals surface area (Å²) < 4.78 is 78.1. The van der Waals surface area contributed by atoms with Crippen LogP contribution in [-0.4, -0.2) is 70.2 Å². The van der Waals surface area contributed by atoms with Gasteiger partial charge in [-0.05, 0) is 19.3 Å². The molecule has 4 rings (SSSR count). The number of nitrogens with one attached hydrogen (secondary N) is 1. The van der Waals surface area contributed by atoms with E-state index in [-0.39, 0.29) is 36.1 Å². The van der Waals surface area contributed by atoms with Crippen LogP contribution in [0.5, 0.6) is 0 Å². The number of amides is 1. The quantitative estimate of drug-likeness (QED) is 0.607. The third kappa shape index (κ3) is 5.54. The fourth-order valence-electron chi connectivity index (χ4n) is 4.41. The summed E-state index contributed by atoms with van der Waals surface area (Å²) in [7, 11) is 0. The number of piperazine rings is 1. The Labute approximate surface area is 201 Å². The molecule has 0 atom stereocenters. The van der Waals surface area contributed by atoms with Crippen molar-refractivity contribution in [2.45, 2.75) is 38.0 Å². The van der Waals surface area contributed by atoms with Gasteiger partial charge in [-0.25, -0.2) is 15.1 Å². The second kappa shape index (κ2) is 9.93. The van der Waals surface area contributed by atoms with Crippen LogP contribution in [0.3, 0.4) is 0 Å². The summed E-state index contributed by atoms with van der Waals surface area (Å²) in [6.45, 7) is 2.15. The number of fused-ring (bicyclic) bond motifs is 1. The summed E-state index contributed by atoms with van der Waals surface area (Å²) in [5.74, 6) is 0.110. The minimum Gasteiger partial charge on any atom is -0.355 e. The lowest BCUT2D eigenvalue weighted by molar-refractivity contribution is -0.139. The number of carbonyl (C=O) groups excluding carboxylic acids is 1. The van der Waals surface area contributed by atoms with Crippen molar-refractivity contribution in [3.05, 3.63) is 39.4 Å². The number of hydrogen-bond donors (Lipinski definition) is 1. The first kappa shape index (κ1) is 25.7. The minimum absolute atomic E-state index is 0.0887. The van der Waals surface area contributed by atoms with Gasteiger partial charge in [0, 0.05) is 63.6 Å². The van der Waals surface area contributed by atoms with E-state index in [9.17, 15) is 35.9 Å². The number of aromatic nitrogens is 4. The zero-order valence-corrected chi connectivity index (χ0v) is 19.0. The van der Waals surface area contributed by atoms with Crippen molar-refractivity contribution in [1.82, 2.24) is 25.1 Å². The van der Waals surface area contributed by atoms with Crippen LogP contribution in [0.25, 0.3) is 0 Å². The third-order valence-electron chi connectivity index (χ3n) is 6.20. The molecule has 0 bridgehead atoms. The van der Waals surface area contributed by atoms with Crippen LogP contribution in [0, 0.1) is 0 Å². The maximum Gasteiger partial charge on any atom is 0.422 e. The average molecular weight is 519 g/mol. The monoisotopic (exact) mass is 519 g/mol. The fourth-order valence-corrected chi connectivity index (χ4v) is 4.41. The largest absolute Gasteiger partial charge is 0.422 e. The molecule has 15 heteroatoms. The van der Waals surface area contributed by atoms with Crippen LogP contribution in [0.2, 0.25) is 0 Å².